The van der Waals surface area contributed by atoms with Gasteiger partial charge in [0.1, 0.15) is 18.1 Å². The summed E-state index contributed by atoms with van der Waals surface area (Å²) in [5, 5.41) is 3.75. The van der Waals surface area contributed by atoms with E-state index < -0.39 is 5.97 Å². The predicted molar refractivity (Wildman–Crippen MR) is 84.2 cm³/mol. The van der Waals surface area contributed by atoms with Gasteiger partial charge in [-0.05, 0) is 37.6 Å². The van der Waals surface area contributed by atoms with Crippen molar-refractivity contribution in [1.82, 2.24) is 5.16 Å². The van der Waals surface area contributed by atoms with Gasteiger partial charge in [-0.3, -0.25) is 0 Å². The fourth-order valence-electron chi connectivity index (χ4n) is 1.91. The van der Waals surface area contributed by atoms with E-state index in [9.17, 15) is 4.79 Å². The van der Waals surface area contributed by atoms with Crippen LogP contribution in [-0.2, 0) is 16.1 Å². The van der Waals surface area contributed by atoms with Crippen molar-refractivity contribution in [2.45, 2.75) is 20.5 Å². The first-order chi connectivity index (χ1) is 11.1. The van der Waals surface area contributed by atoms with Crippen molar-refractivity contribution in [2.24, 2.45) is 0 Å². The highest BCUT2D eigenvalue weighted by Crippen LogP contribution is 2.28. The average Bonchev–Trinajstić information content (AvgIpc) is 2.97. The molecule has 0 fully saturated rings. The van der Waals surface area contributed by atoms with E-state index in [2.05, 4.69) is 5.16 Å². The summed E-state index contributed by atoms with van der Waals surface area (Å²) >= 11 is 0. The molecule has 1 heterocycles. The summed E-state index contributed by atoms with van der Waals surface area (Å²) in [4.78, 5) is 11.7. The van der Waals surface area contributed by atoms with Gasteiger partial charge < -0.3 is 18.7 Å². The Bertz CT molecular complexity index is 690. The van der Waals surface area contributed by atoms with Crippen LogP contribution >= 0.6 is 0 Å². The van der Waals surface area contributed by atoms with Crippen molar-refractivity contribution >= 4 is 12.0 Å². The molecular formula is C17H19NO5. The maximum Gasteiger partial charge on any atom is 0.331 e. The topological polar surface area (TPSA) is 70.8 Å². The van der Waals surface area contributed by atoms with Crippen LogP contribution < -0.4 is 9.47 Å². The van der Waals surface area contributed by atoms with Crippen LogP contribution in [0.15, 0.2) is 34.9 Å². The lowest BCUT2D eigenvalue weighted by atomic mass is 10.2. The predicted octanol–water partition coefficient (Wildman–Crippen LogP) is 3.15. The van der Waals surface area contributed by atoms with Crippen LogP contribution in [-0.4, -0.2) is 24.8 Å². The molecule has 6 nitrogen and oxygen atoms in total. The molecule has 2 rings (SSSR count). The molecule has 1 aromatic carbocycles. The number of esters is 1. The van der Waals surface area contributed by atoms with Gasteiger partial charge in [0, 0.05) is 12.1 Å². The molecule has 23 heavy (non-hydrogen) atoms. The molecule has 0 saturated heterocycles. The number of rotatable bonds is 7. The number of methoxy groups -OCH3 is 1. The second kappa shape index (κ2) is 8.03. The molecular weight excluding hydrogens is 298 g/mol. The van der Waals surface area contributed by atoms with E-state index >= 15 is 0 Å². The SMILES string of the molecule is CCOc1ccc(/C=C/C(=O)OCc2cc(C)on2)cc1OC. The number of carbonyl (C=O) groups is 1. The minimum absolute atomic E-state index is 0.0765. The first-order valence-corrected chi connectivity index (χ1v) is 7.20. The van der Waals surface area contributed by atoms with Gasteiger partial charge >= 0.3 is 5.97 Å². The third kappa shape index (κ3) is 4.88. The number of hydrogen-bond acceptors (Lipinski definition) is 6. The highest BCUT2D eigenvalue weighted by atomic mass is 16.5. The molecule has 1 aromatic heterocycles. The van der Waals surface area contributed by atoms with Gasteiger partial charge in [-0.1, -0.05) is 11.2 Å². The van der Waals surface area contributed by atoms with Gasteiger partial charge in [-0.25, -0.2) is 4.79 Å². The van der Waals surface area contributed by atoms with Crippen LogP contribution in [0.4, 0.5) is 0 Å². The molecule has 0 N–H and O–H groups in total. The third-order valence-electron chi connectivity index (χ3n) is 2.94. The molecule has 0 spiro atoms. The number of benzene rings is 1. The number of aryl methyl sites for hydroxylation is 1. The second-order valence-corrected chi connectivity index (χ2v) is 4.71. The fourth-order valence-corrected chi connectivity index (χ4v) is 1.91. The molecule has 0 saturated carbocycles. The van der Waals surface area contributed by atoms with Crippen LogP contribution in [0.5, 0.6) is 11.5 Å². The monoisotopic (exact) mass is 317 g/mol. The second-order valence-electron chi connectivity index (χ2n) is 4.71. The van der Waals surface area contributed by atoms with Crippen LogP contribution in [0.3, 0.4) is 0 Å². The standard InChI is InChI=1S/C17H19NO5/c1-4-21-15-7-5-13(10-16(15)20-3)6-8-17(19)22-11-14-9-12(2)23-18-14/h5-10H,4,11H2,1-3H3/b8-6+. The summed E-state index contributed by atoms with van der Waals surface area (Å²) in [5.74, 6) is 1.49. The first kappa shape index (κ1) is 16.6. The lowest BCUT2D eigenvalue weighted by Gasteiger charge is -2.09. The molecule has 2 aromatic rings. The van der Waals surface area contributed by atoms with Crippen molar-refractivity contribution in [3.05, 3.63) is 47.4 Å². The van der Waals surface area contributed by atoms with E-state index in [0.29, 0.717) is 29.6 Å². The van der Waals surface area contributed by atoms with E-state index in [4.69, 9.17) is 18.7 Å². The molecule has 0 aliphatic heterocycles. The lowest BCUT2D eigenvalue weighted by molar-refractivity contribution is -0.139. The van der Waals surface area contributed by atoms with Crippen LogP contribution in [0.1, 0.15) is 23.9 Å². The van der Waals surface area contributed by atoms with E-state index in [-0.39, 0.29) is 6.61 Å². The van der Waals surface area contributed by atoms with Gasteiger partial charge in [-0.2, -0.15) is 0 Å². The van der Waals surface area contributed by atoms with Crippen molar-refractivity contribution in [1.29, 1.82) is 0 Å². The number of ether oxygens (including phenoxy) is 3. The van der Waals surface area contributed by atoms with Gasteiger partial charge in [0.15, 0.2) is 11.5 Å². The maximum absolute atomic E-state index is 11.7. The summed E-state index contributed by atoms with van der Waals surface area (Å²) in [7, 11) is 1.57. The normalized spacial score (nSPS) is 10.7. The molecule has 0 bridgehead atoms. The Labute approximate surface area is 134 Å². The number of aromatic nitrogens is 1. The third-order valence-corrected chi connectivity index (χ3v) is 2.94. The summed E-state index contributed by atoms with van der Waals surface area (Å²) < 4.78 is 20.7. The first-order valence-electron chi connectivity index (χ1n) is 7.20. The molecule has 0 amide bonds. The Kier molecular flexibility index (Phi) is 5.80. The summed E-state index contributed by atoms with van der Waals surface area (Å²) in [5.41, 5.74) is 1.38. The molecule has 0 radical (unpaired) electrons. The molecule has 122 valence electrons. The lowest BCUT2D eigenvalue weighted by Crippen LogP contribution is -2.00. The molecule has 0 aliphatic carbocycles. The Balaban J connectivity index is 1.94. The number of nitrogens with zero attached hydrogens (tertiary/aromatic N) is 1. The number of hydrogen-bond donors (Lipinski definition) is 0. The molecule has 0 aliphatic rings. The smallest absolute Gasteiger partial charge is 0.331 e. The van der Waals surface area contributed by atoms with Crippen molar-refractivity contribution < 1.29 is 23.5 Å². The van der Waals surface area contributed by atoms with Crippen molar-refractivity contribution in [2.75, 3.05) is 13.7 Å². The highest BCUT2D eigenvalue weighted by molar-refractivity contribution is 5.87. The zero-order valence-electron chi connectivity index (χ0n) is 13.4. The average molecular weight is 317 g/mol. The number of carbonyl (C=O) groups excluding carboxylic acids is 1. The Morgan fingerprint density at radius 3 is 2.78 bits per heavy atom. The summed E-state index contributed by atoms with van der Waals surface area (Å²) in [6, 6.07) is 7.13. The molecule has 0 unspecified atom stereocenters. The van der Waals surface area contributed by atoms with Gasteiger partial charge in [0.05, 0.1) is 13.7 Å². The highest BCUT2D eigenvalue weighted by Gasteiger charge is 2.05. The van der Waals surface area contributed by atoms with Gasteiger partial charge in [-0.15, -0.1) is 0 Å². The minimum Gasteiger partial charge on any atom is -0.493 e. The Morgan fingerprint density at radius 2 is 2.13 bits per heavy atom. The van der Waals surface area contributed by atoms with E-state index in [1.807, 2.05) is 13.0 Å². The van der Waals surface area contributed by atoms with Crippen molar-refractivity contribution in [3.63, 3.8) is 0 Å². The largest absolute Gasteiger partial charge is 0.493 e. The molecule has 0 atom stereocenters. The zero-order chi connectivity index (χ0) is 16.7. The fraction of sp³-hybridized carbons (Fsp3) is 0.294. The summed E-state index contributed by atoms with van der Waals surface area (Å²) in [6.45, 7) is 4.31. The zero-order valence-corrected chi connectivity index (χ0v) is 13.4. The Hall–Kier alpha value is -2.76. The van der Waals surface area contributed by atoms with E-state index in [0.717, 1.165) is 5.56 Å². The van der Waals surface area contributed by atoms with Gasteiger partial charge in [0.2, 0.25) is 0 Å². The van der Waals surface area contributed by atoms with Crippen LogP contribution in [0.25, 0.3) is 6.08 Å². The van der Waals surface area contributed by atoms with E-state index in [1.54, 1.807) is 38.3 Å². The van der Waals surface area contributed by atoms with Crippen molar-refractivity contribution in [3.8, 4) is 11.5 Å². The summed E-state index contributed by atoms with van der Waals surface area (Å²) in [6.07, 6.45) is 3.00. The van der Waals surface area contributed by atoms with E-state index in [1.165, 1.54) is 6.08 Å². The quantitative estimate of drug-likeness (QED) is 0.577. The minimum atomic E-state index is -0.460. The van der Waals surface area contributed by atoms with Crippen LogP contribution in [0.2, 0.25) is 0 Å². The molecule has 6 heteroatoms. The Morgan fingerprint density at radius 1 is 1.30 bits per heavy atom. The van der Waals surface area contributed by atoms with Crippen LogP contribution in [0, 0.1) is 6.92 Å². The maximum atomic E-state index is 11.7. The van der Waals surface area contributed by atoms with Gasteiger partial charge in [0.25, 0.3) is 0 Å².